The van der Waals surface area contributed by atoms with Crippen molar-refractivity contribution in [2.45, 2.75) is 31.5 Å². The Morgan fingerprint density at radius 1 is 1.50 bits per heavy atom. The lowest BCUT2D eigenvalue weighted by Gasteiger charge is -2.28. The highest BCUT2D eigenvalue weighted by atomic mass is 35.5. The first-order valence-corrected chi connectivity index (χ1v) is 6.26. The summed E-state index contributed by atoms with van der Waals surface area (Å²) in [4.78, 5) is 13.3. The molecule has 1 amide bonds. The van der Waals surface area contributed by atoms with Crippen molar-refractivity contribution in [1.29, 1.82) is 5.26 Å². The number of nitrogens with zero attached hydrogens (tertiary/aromatic N) is 2. The first-order chi connectivity index (χ1) is 9.02. The number of rotatable bonds is 3. The fraction of sp³-hybridized carbons (Fsp3) is 0.429. The number of aliphatic hydroxyl groups is 1. The lowest BCUT2D eigenvalue weighted by atomic mass is 10.0. The third kappa shape index (κ3) is 3.28. The van der Waals surface area contributed by atoms with Crippen LogP contribution in [0.5, 0.6) is 0 Å². The number of aliphatic hydroxyl groups excluding tert-OH is 1. The summed E-state index contributed by atoms with van der Waals surface area (Å²) in [6.07, 6.45) is -0.131. The minimum absolute atomic E-state index is 0. The van der Waals surface area contributed by atoms with E-state index < -0.39 is 18.1 Å². The molecule has 6 heteroatoms. The molecule has 1 aliphatic rings. The van der Waals surface area contributed by atoms with Crippen LogP contribution in [0.25, 0.3) is 0 Å². The molecule has 1 heterocycles. The predicted molar refractivity (Wildman–Crippen MR) is 77.1 cm³/mol. The highest BCUT2D eigenvalue weighted by molar-refractivity contribution is 5.85. The summed E-state index contributed by atoms with van der Waals surface area (Å²) in [6.45, 7) is 2.41. The molecule has 2 unspecified atom stereocenters. The molecule has 108 valence electrons. The molecule has 5 nitrogen and oxygen atoms in total. The van der Waals surface area contributed by atoms with Crippen molar-refractivity contribution in [3.05, 3.63) is 35.4 Å². The zero-order valence-corrected chi connectivity index (χ0v) is 12.0. The van der Waals surface area contributed by atoms with Crippen molar-refractivity contribution >= 4 is 18.3 Å². The minimum Gasteiger partial charge on any atom is -0.392 e. The average Bonchev–Trinajstić information content (AvgIpc) is 2.80. The lowest BCUT2D eigenvalue weighted by molar-refractivity contribution is -0.122. The van der Waals surface area contributed by atoms with Crippen molar-refractivity contribution in [3.8, 4) is 6.07 Å². The molecule has 1 saturated heterocycles. The molecule has 0 bridgehead atoms. The number of β-amino-alcohol motifs (C(OH)–C–C–N with tert-alkyl or cyclic N) is 1. The second-order valence-corrected chi connectivity index (χ2v) is 4.91. The number of halogens is 1. The molecule has 0 aliphatic carbocycles. The Morgan fingerprint density at radius 2 is 2.10 bits per heavy atom. The zero-order chi connectivity index (χ0) is 14.0. The molecule has 1 aromatic carbocycles. The van der Waals surface area contributed by atoms with Gasteiger partial charge in [-0.3, -0.25) is 9.69 Å². The van der Waals surface area contributed by atoms with Crippen LogP contribution in [0.1, 0.15) is 30.5 Å². The van der Waals surface area contributed by atoms with Crippen LogP contribution in [0.15, 0.2) is 24.3 Å². The van der Waals surface area contributed by atoms with Crippen molar-refractivity contribution in [2.24, 2.45) is 5.73 Å². The van der Waals surface area contributed by atoms with Crippen LogP contribution in [0, 0.1) is 11.3 Å². The highest BCUT2D eigenvalue weighted by Gasteiger charge is 2.37. The van der Waals surface area contributed by atoms with Crippen LogP contribution in [0.2, 0.25) is 0 Å². The van der Waals surface area contributed by atoms with Gasteiger partial charge in [0.1, 0.15) is 0 Å². The fourth-order valence-electron chi connectivity index (χ4n) is 2.57. The van der Waals surface area contributed by atoms with Gasteiger partial charge in [-0.1, -0.05) is 12.1 Å². The number of carbonyl (C=O) groups is 1. The van der Waals surface area contributed by atoms with Gasteiger partial charge in [-0.2, -0.15) is 5.26 Å². The molecule has 20 heavy (non-hydrogen) atoms. The largest absolute Gasteiger partial charge is 0.392 e. The van der Waals surface area contributed by atoms with E-state index in [1.165, 1.54) is 0 Å². The van der Waals surface area contributed by atoms with Gasteiger partial charge in [-0.25, -0.2) is 0 Å². The van der Waals surface area contributed by atoms with Gasteiger partial charge in [0.05, 0.1) is 23.8 Å². The normalized spacial score (nSPS) is 23.6. The van der Waals surface area contributed by atoms with E-state index in [2.05, 4.69) is 6.07 Å². The number of primary amides is 1. The van der Waals surface area contributed by atoms with Crippen LogP contribution in [-0.4, -0.2) is 34.6 Å². The molecule has 1 aliphatic heterocycles. The van der Waals surface area contributed by atoms with Crippen molar-refractivity contribution in [2.75, 3.05) is 6.54 Å². The van der Waals surface area contributed by atoms with Crippen LogP contribution in [0.4, 0.5) is 0 Å². The standard InChI is InChI=1S/C14H17N3O2.ClH/c1-9(11-4-2-10(7-15)3-5-11)17-8-12(18)6-13(17)14(16)19;/h2-5,9,12-13,18H,6,8H2,1H3,(H2,16,19);1H/t9-,12?,13?;/m0./s1. The van der Waals surface area contributed by atoms with Crippen LogP contribution < -0.4 is 5.73 Å². The summed E-state index contributed by atoms with van der Waals surface area (Å²) in [5.41, 5.74) is 6.98. The van der Waals surface area contributed by atoms with E-state index in [1.54, 1.807) is 12.1 Å². The van der Waals surface area contributed by atoms with Gasteiger partial charge < -0.3 is 10.8 Å². The number of nitriles is 1. The third-order valence-electron chi connectivity index (χ3n) is 3.67. The topological polar surface area (TPSA) is 90.3 Å². The van der Waals surface area contributed by atoms with E-state index in [0.29, 0.717) is 18.5 Å². The Hall–Kier alpha value is -1.61. The van der Waals surface area contributed by atoms with E-state index in [1.807, 2.05) is 24.0 Å². The summed E-state index contributed by atoms with van der Waals surface area (Å²) in [5.74, 6) is -0.406. The Morgan fingerprint density at radius 3 is 2.60 bits per heavy atom. The van der Waals surface area contributed by atoms with Crippen molar-refractivity contribution in [3.63, 3.8) is 0 Å². The monoisotopic (exact) mass is 295 g/mol. The molecule has 2 rings (SSSR count). The van der Waals surface area contributed by atoms with Gasteiger partial charge in [0.2, 0.25) is 5.91 Å². The van der Waals surface area contributed by atoms with Crippen LogP contribution >= 0.6 is 12.4 Å². The number of carbonyl (C=O) groups excluding carboxylic acids is 1. The molecular formula is C14H18ClN3O2. The summed E-state index contributed by atoms with van der Waals surface area (Å²) in [6, 6.07) is 8.84. The van der Waals surface area contributed by atoms with Gasteiger partial charge in [0.25, 0.3) is 0 Å². The smallest absolute Gasteiger partial charge is 0.234 e. The molecule has 3 atom stereocenters. The number of nitrogens with two attached hydrogens (primary N) is 1. The number of amides is 1. The number of hydrogen-bond acceptors (Lipinski definition) is 4. The number of likely N-dealkylation sites (tertiary alicyclic amines) is 1. The SMILES string of the molecule is C[C@@H](c1ccc(C#N)cc1)N1CC(O)CC1C(N)=O.Cl. The molecule has 1 fully saturated rings. The molecule has 3 N–H and O–H groups in total. The van der Waals surface area contributed by atoms with E-state index in [0.717, 1.165) is 5.56 Å². The predicted octanol–water partition coefficient (Wildman–Crippen LogP) is 0.962. The minimum atomic E-state index is -0.515. The Labute approximate surface area is 124 Å². The van der Waals surface area contributed by atoms with Gasteiger partial charge in [-0.15, -0.1) is 12.4 Å². The molecular weight excluding hydrogens is 278 g/mol. The van der Waals surface area contributed by atoms with E-state index in [-0.39, 0.29) is 18.4 Å². The quantitative estimate of drug-likeness (QED) is 0.869. The fourth-order valence-corrected chi connectivity index (χ4v) is 2.57. The maximum absolute atomic E-state index is 11.4. The van der Waals surface area contributed by atoms with Crippen molar-refractivity contribution in [1.82, 2.24) is 4.90 Å². The van der Waals surface area contributed by atoms with E-state index in [4.69, 9.17) is 11.0 Å². The van der Waals surface area contributed by atoms with Gasteiger partial charge >= 0.3 is 0 Å². The first-order valence-electron chi connectivity index (χ1n) is 6.26. The molecule has 0 spiro atoms. The molecule has 0 aromatic heterocycles. The maximum Gasteiger partial charge on any atom is 0.234 e. The summed E-state index contributed by atoms with van der Waals surface area (Å²) in [7, 11) is 0. The van der Waals surface area contributed by atoms with Crippen LogP contribution in [-0.2, 0) is 4.79 Å². The molecule has 0 saturated carbocycles. The Balaban J connectivity index is 0.00000200. The third-order valence-corrected chi connectivity index (χ3v) is 3.67. The average molecular weight is 296 g/mol. The Kier molecular flexibility index (Phi) is 5.52. The first kappa shape index (κ1) is 16.4. The highest BCUT2D eigenvalue weighted by Crippen LogP contribution is 2.29. The van der Waals surface area contributed by atoms with Gasteiger partial charge in [0, 0.05) is 12.6 Å². The van der Waals surface area contributed by atoms with Gasteiger partial charge in [-0.05, 0) is 31.0 Å². The molecule has 0 radical (unpaired) electrons. The maximum atomic E-state index is 11.4. The zero-order valence-electron chi connectivity index (χ0n) is 11.2. The van der Waals surface area contributed by atoms with Crippen molar-refractivity contribution < 1.29 is 9.90 Å². The Bertz CT molecular complexity index is 512. The molecule has 1 aromatic rings. The summed E-state index contributed by atoms with van der Waals surface area (Å²) in [5, 5.41) is 18.5. The second-order valence-electron chi connectivity index (χ2n) is 4.91. The van der Waals surface area contributed by atoms with Gasteiger partial charge in [0.15, 0.2) is 0 Å². The number of hydrogen-bond donors (Lipinski definition) is 2. The summed E-state index contributed by atoms with van der Waals surface area (Å²) >= 11 is 0. The summed E-state index contributed by atoms with van der Waals surface area (Å²) < 4.78 is 0. The van der Waals surface area contributed by atoms with E-state index in [9.17, 15) is 9.90 Å². The lowest BCUT2D eigenvalue weighted by Crippen LogP contribution is -2.41. The second kappa shape index (κ2) is 6.71. The van der Waals surface area contributed by atoms with Crippen LogP contribution in [0.3, 0.4) is 0 Å². The number of benzene rings is 1. The van der Waals surface area contributed by atoms with E-state index >= 15 is 0 Å².